The average molecular weight is 342 g/mol. The van der Waals surface area contributed by atoms with Gasteiger partial charge in [0.2, 0.25) is 5.91 Å². The normalized spacial score (nSPS) is 20.5. The minimum Gasteiger partial charge on any atom is -0.491 e. The molecule has 0 saturated carbocycles. The lowest BCUT2D eigenvalue weighted by atomic mass is 9.94. The number of rotatable bonds is 4. The fourth-order valence-corrected chi connectivity index (χ4v) is 3.31. The largest absolute Gasteiger partial charge is 0.491 e. The van der Waals surface area contributed by atoms with Crippen molar-refractivity contribution in [1.82, 2.24) is 10.2 Å². The van der Waals surface area contributed by atoms with E-state index in [4.69, 9.17) is 4.74 Å². The van der Waals surface area contributed by atoms with Gasteiger partial charge in [-0.25, -0.2) is 4.39 Å². The lowest BCUT2D eigenvalue weighted by Gasteiger charge is -2.38. The van der Waals surface area contributed by atoms with Gasteiger partial charge < -0.3 is 15.0 Å². The van der Waals surface area contributed by atoms with Crippen LogP contribution >= 0.6 is 0 Å². The Morgan fingerprint density at radius 2 is 1.88 bits per heavy atom. The molecule has 2 aromatic rings. The molecule has 3 rings (SSSR count). The minimum atomic E-state index is -0.361. The summed E-state index contributed by atoms with van der Waals surface area (Å²) in [5, 5.41) is 3.10. The van der Waals surface area contributed by atoms with E-state index in [-0.39, 0.29) is 29.7 Å². The van der Waals surface area contributed by atoms with Crippen LogP contribution in [-0.2, 0) is 4.79 Å². The van der Waals surface area contributed by atoms with Gasteiger partial charge in [0.25, 0.3) is 0 Å². The number of amides is 1. The molecule has 0 saturated heterocycles. The van der Waals surface area contributed by atoms with Crippen LogP contribution in [0.4, 0.5) is 4.39 Å². The molecule has 1 amide bonds. The number of nitrogens with zero attached hydrogens (tertiary/aromatic N) is 1. The summed E-state index contributed by atoms with van der Waals surface area (Å²) < 4.78 is 18.9. The summed E-state index contributed by atoms with van der Waals surface area (Å²) in [5.74, 6) is 0.103. The van der Waals surface area contributed by atoms with Crippen LogP contribution in [0.1, 0.15) is 30.0 Å². The van der Waals surface area contributed by atoms with E-state index < -0.39 is 0 Å². The number of ether oxygens (including phenoxy) is 1. The van der Waals surface area contributed by atoms with Crippen LogP contribution in [0.3, 0.4) is 0 Å². The second kappa shape index (κ2) is 7.23. The van der Waals surface area contributed by atoms with E-state index >= 15 is 0 Å². The van der Waals surface area contributed by atoms with Gasteiger partial charge in [-0.15, -0.1) is 0 Å². The first-order chi connectivity index (χ1) is 12.0. The molecule has 3 atom stereocenters. The summed E-state index contributed by atoms with van der Waals surface area (Å²) in [7, 11) is 3.99. The van der Waals surface area contributed by atoms with Crippen LogP contribution in [0.25, 0.3) is 0 Å². The molecule has 0 spiro atoms. The summed E-state index contributed by atoms with van der Waals surface area (Å²) >= 11 is 0. The van der Waals surface area contributed by atoms with E-state index in [0.29, 0.717) is 6.61 Å². The van der Waals surface area contributed by atoms with Crippen LogP contribution in [0.2, 0.25) is 0 Å². The van der Waals surface area contributed by atoms with Crippen molar-refractivity contribution in [2.75, 3.05) is 20.7 Å². The predicted octanol–water partition coefficient (Wildman–Crippen LogP) is 3.11. The first-order valence-corrected chi connectivity index (χ1v) is 8.41. The fourth-order valence-electron chi connectivity index (χ4n) is 3.31. The van der Waals surface area contributed by atoms with Crippen molar-refractivity contribution in [3.63, 3.8) is 0 Å². The third kappa shape index (κ3) is 3.66. The molecule has 1 aliphatic rings. The van der Waals surface area contributed by atoms with E-state index in [0.717, 1.165) is 16.9 Å². The van der Waals surface area contributed by atoms with Gasteiger partial charge in [0.1, 0.15) is 18.2 Å². The highest BCUT2D eigenvalue weighted by Crippen LogP contribution is 2.35. The van der Waals surface area contributed by atoms with E-state index in [9.17, 15) is 9.18 Å². The van der Waals surface area contributed by atoms with Gasteiger partial charge in [0.05, 0.1) is 18.0 Å². The van der Waals surface area contributed by atoms with Gasteiger partial charge in [0.15, 0.2) is 0 Å². The maximum atomic E-state index is 13.1. The Morgan fingerprint density at radius 1 is 1.20 bits per heavy atom. The van der Waals surface area contributed by atoms with Crippen molar-refractivity contribution in [3.05, 3.63) is 65.5 Å². The maximum absolute atomic E-state index is 13.1. The standard InChI is InChI=1S/C20H23FN2O2/c1-13(14-8-10-15(21)11-9-14)20(24)22-17-12-25-18-7-5-4-6-16(18)19(17)23(2)3/h4-11,13,17,19H,12H2,1-3H3,(H,22,24)/t13-,17+,19+/m0/s1. The van der Waals surface area contributed by atoms with E-state index in [2.05, 4.69) is 10.2 Å². The monoisotopic (exact) mass is 342 g/mol. The topological polar surface area (TPSA) is 41.6 Å². The highest BCUT2D eigenvalue weighted by atomic mass is 19.1. The quantitative estimate of drug-likeness (QED) is 0.928. The summed E-state index contributed by atoms with van der Waals surface area (Å²) in [4.78, 5) is 14.8. The number of nitrogens with one attached hydrogen (secondary N) is 1. The molecule has 0 unspecified atom stereocenters. The Morgan fingerprint density at radius 3 is 2.56 bits per heavy atom. The molecule has 1 heterocycles. The van der Waals surface area contributed by atoms with Gasteiger partial charge in [-0.3, -0.25) is 4.79 Å². The Kier molecular flexibility index (Phi) is 5.04. The summed E-state index contributed by atoms with van der Waals surface area (Å²) in [6.07, 6.45) is 0. The fraction of sp³-hybridized carbons (Fsp3) is 0.350. The van der Waals surface area contributed by atoms with E-state index in [1.165, 1.54) is 12.1 Å². The van der Waals surface area contributed by atoms with Crippen molar-refractivity contribution < 1.29 is 13.9 Å². The van der Waals surface area contributed by atoms with Crippen molar-refractivity contribution in [2.24, 2.45) is 0 Å². The van der Waals surface area contributed by atoms with Crippen LogP contribution in [-0.4, -0.2) is 37.6 Å². The molecular weight excluding hydrogens is 319 g/mol. The number of para-hydroxylation sites is 1. The number of hydrogen-bond acceptors (Lipinski definition) is 3. The number of likely N-dealkylation sites (N-methyl/N-ethyl adjacent to an activating group) is 1. The second-order valence-corrected chi connectivity index (χ2v) is 6.65. The Hall–Kier alpha value is -2.40. The van der Waals surface area contributed by atoms with Crippen LogP contribution in [0.15, 0.2) is 48.5 Å². The van der Waals surface area contributed by atoms with Crippen LogP contribution in [0.5, 0.6) is 5.75 Å². The second-order valence-electron chi connectivity index (χ2n) is 6.65. The van der Waals surface area contributed by atoms with Crippen LogP contribution < -0.4 is 10.1 Å². The first-order valence-electron chi connectivity index (χ1n) is 8.41. The molecule has 0 bridgehead atoms. The predicted molar refractivity (Wildman–Crippen MR) is 95.1 cm³/mol. The smallest absolute Gasteiger partial charge is 0.227 e. The van der Waals surface area contributed by atoms with E-state index in [1.54, 1.807) is 12.1 Å². The number of hydrogen-bond donors (Lipinski definition) is 1. The molecule has 0 radical (unpaired) electrons. The number of benzene rings is 2. The van der Waals surface area contributed by atoms with Gasteiger partial charge in [-0.05, 0) is 44.8 Å². The Bertz CT molecular complexity index is 746. The van der Waals surface area contributed by atoms with Gasteiger partial charge in [-0.1, -0.05) is 30.3 Å². The summed E-state index contributed by atoms with van der Waals surface area (Å²) in [5.41, 5.74) is 1.86. The first kappa shape index (κ1) is 17.4. The number of fused-ring (bicyclic) bond motifs is 1. The summed E-state index contributed by atoms with van der Waals surface area (Å²) in [6, 6.07) is 13.8. The lowest BCUT2D eigenvalue weighted by molar-refractivity contribution is -0.123. The third-order valence-electron chi connectivity index (χ3n) is 4.68. The lowest BCUT2D eigenvalue weighted by Crippen LogP contribution is -2.50. The zero-order valence-corrected chi connectivity index (χ0v) is 14.7. The molecule has 0 aromatic heterocycles. The molecule has 1 N–H and O–H groups in total. The molecule has 4 nitrogen and oxygen atoms in total. The maximum Gasteiger partial charge on any atom is 0.227 e. The van der Waals surface area contributed by atoms with E-state index in [1.807, 2.05) is 45.3 Å². The van der Waals surface area contributed by atoms with Gasteiger partial charge >= 0.3 is 0 Å². The summed E-state index contributed by atoms with van der Waals surface area (Å²) in [6.45, 7) is 2.24. The highest BCUT2D eigenvalue weighted by Gasteiger charge is 2.34. The van der Waals surface area contributed by atoms with Crippen molar-refractivity contribution in [1.29, 1.82) is 0 Å². The van der Waals surface area contributed by atoms with Crippen molar-refractivity contribution in [2.45, 2.75) is 24.9 Å². The Balaban J connectivity index is 1.77. The molecule has 5 heteroatoms. The van der Waals surface area contributed by atoms with Crippen molar-refractivity contribution in [3.8, 4) is 5.75 Å². The Labute approximate surface area is 147 Å². The molecule has 2 aromatic carbocycles. The minimum absolute atomic E-state index is 0.0364. The average Bonchev–Trinajstić information content (AvgIpc) is 2.61. The zero-order chi connectivity index (χ0) is 18.0. The molecular formula is C20H23FN2O2. The molecule has 0 fully saturated rings. The van der Waals surface area contributed by atoms with Crippen LogP contribution in [0, 0.1) is 5.82 Å². The number of halogens is 1. The third-order valence-corrected chi connectivity index (χ3v) is 4.68. The highest BCUT2D eigenvalue weighted by molar-refractivity contribution is 5.83. The SMILES string of the molecule is C[C@H](C(=O)N[C@@H]1COc2ccccc2[C@H]1N(C)C)c1ccc(F)cc1. The molecule has 132 valence electrons. The number of carbonyl (C=O) groups is 1. The zero-order valence-electron chi connectivity index (χ0n) is 14.7. The van der Waals surface area contributed by atoms with Crippen molar-refractivity contribution >= 4 is 5.91 Å². The molecule has 25 heavy (non-hydrogen) atoms. The van der Waals surface area contributed by atoms with Gasteiger partial charge in [-0.2, -0.15) is 0 Å². The van der Waals surface area contributed by atoms with Gasteiger partial charge in [0, 0.05) is 5.56 Å². The molecule has 0 aliphatic carbocycles. The molecule has 1 aliphatic heterocycles. The number of carbonyl (C=O) groups excluding carboxylic acids is 1.